The molecule has 2 rings (SSSR count). The molecular weight excluding hydrogens is 426 g/mol. The highest BCUT2D eigenvalue weighted by Gasteiger charge is 2.18. The molecule has 0 aliphatic rings. The highest BCUT2D eigenvalue weighted by molar-refractivity contribution is 14.1. The summed E-state index contributed by atoms with van der Waals surface area (Å²) in [5.74, 6) is 1.02. The zero-order chi connectivity index (χ0) is 15.6. The van der Waals surface area contributed by atoms with Crippen molar-refractivity contribution in [1.82, 2.24) is 0 Å². The molecule has 0 radical (unpaired) electrons. The quantitative estimate of drug-likeness (QED) is 0.703. The van der Waals surface area contributed by atoms with Gasteiger partial charge in [-0.25, -0.2) is 0 Å². The second-order valence-corrected chi connectivity index (χ2v) is 6.28. The molecule has 1 N–H and O–H groups in total. The van der Waals surface area contributed by atoms with Crippen LogP contribution in [0.2, 0.25) is 10.0 Å². The van der Waals surface area contributed by atoms with E-state index in [1.165, 1.54) is 14.2 Å². The van der Waals surface area contributed by atoms with Crippen LogP contribution in [0, 0.1) is 3.57 Å². The molecule has 0 amide bonds. The van der Waals surface area contributed by atoms with Crippen molar-refractivity contribution in [3.63, 3.8) is 0 Å². The van der Waals surface area contributed by atoms with Gasteiger partial charge in [0.25, 0.3) is 0 Å². The number of aliphatic hydroxyl groups excluding tert-OH is 1. The van der Waals surface area contributed by atoms with Crippen molar-refractivity contribution in [2.45, 2.75) is 6.10 Å². The Labute approximate surface area is 146 Å². The first-order chi connectivity index (χ1) is 9.97. The molecule has 112 valence electrons. The molecule has 0 spiro atoms. The summed E-state index contributed by atoms with van der Waals surface area (Å²) in [6.07, 6.45) is -0.896. The molecule has 0 aromatic heterocycles. The molecule has 0 bridgehead atoms. The Kier molecular flexibility index (Phi) is 5.60. The summed E-state index contributed by atoms with van der Waals surface area (Å²) in [5, 5.41) is 11.5. The van der Waals surface area contributed by atoms with Gasteiger partial charge in [0, 0.05) is 15.2 Å². The second-order valence-electron chi connectivity index (χ2n) is 4.30. The van der Waals surface area contributed by atoms with E-state index in [1.54, 1.807) is 18.2 Å². The van der Waals surface area contributed by atoms with Crippen LogP contribution in [0.25, 0.3) is 0 Å². The van der Waals surface area contributed by atoms with Crippen molar-refractivity contribution in [3.8, 4) is 11.5 Å². The van der Waals surface area contributed by atoms with Crippen LogP contribution in [0.15, 0.2) is 30.3 Å². The molecule has 21 heavy (non-hydrogen) atoms. The second kappa shape index (κ2) is 7.05. The average Bonchev–Trinajstić information content (AvgIpc) is 2.49. The van der Waals surface area contributed by atoms with Crippen LogP contribution in [0.5, 0.6) is 11.5 Å². The average molecular weight is 439 g/mol. The maximum atomic E-state index is 10.5. The molecule has 0 heterocycles. The molecule has 0 saturated heterocycles. The van der Waals surface area contributed by atoms with Gasteiger partial charge >= 0.3 is 0 Å². The van der Waals surface area contributed by atoms with Gasteiger partial charge in [-0.2, -0.15) is 0 Å². The van der Waals surface area contributed by atoms with Crippen molar-refractivity contribution in [3.05, 3.63) is 55.1 Å². The Morgan fingerprint density at radius 2 is 1.62 bits per heavy atom. The Morgan fingerprint density at radius 3 is 2.19 bits per heavy atom. The molecule has 1 unspecified atom stereocenters. The monoisotopic (exact) mass is 438 g/mol. The third-order valence-corrected chi connectivity index (χ3v) is 4.96. The SMILES string of the molecule is COc1cc(Cl)c(C(O)c2ccc(I)c(Cl)c2)cc1OC. The van der Waals surface area contributed by atoms with E-state index in [9.17, 15) is 5.11 Å². The summed E-state index contributed by atoms with van der Waals surface area (Å²) in [4.78, 5) is 0. The largest absolute Gasteiger partial charge is 0.493 e. The molecule has 0 saturated carbocycles. The van der Waals surface area contributed by atoms with Gasteiger partial charge in [-0.05, 0) is 46.4 Å². The van der Waals surface area contributed by atoms with Crippen LogP contribution < -0.4 is 9.47 Å². The van der Waals surface area contributed by atoms with E-state index in [4.69, 9.17) is 32.7 Å². The van der Waals surface area contributed by atoms with Crippen LogP contribution in [-0.2, 0) is 0 Å². The van der Waals surface area contributed by atoms with Gasteiger partial charge in [0.15, 0.2) is 11.5 Å². The van der Waals surface area contributed by atoms with Crippen molar-refractivity contribution >= 4 is 45.8 Å². The Balaban J connectivity index is 2.47. The first kappa shape index (κ1) is 16.7. The zero-order valence-corrected chi connectivity index (χ0v) is 15.0. The lowest BCUT2D eigenvalue weighted by Crippen LogP contribution is -2.02. The number of benzene rings is 2. The number of ether oxygens (including phenoxy) is 2. The van der Waals surface area contributed by atoms with Gasteiger partial charge in [0.2, 0.25) is 0 Å². The minimum absolute atomic E-state index is 0.398. The third kappa shape index (κ3) is 3.56. The lowest BCUT2D eigenvalue weighted by molar-refractivity contribution is 0.219. The molecule has 2 aromatic carbocycles. The third-order valence-electron chi connectivity index (χ3n) is 3.06. The molecule has 0 fully saturated rings. The van der Waals surface area contributed by atoms with Gasteiger partial charge in [-0.1, -0.05) is 29.3 Å². The highest BCUT2D eigenvalue weighted by Crippen LogP contribution is 2.38. The van der Waals surface area contributed by atoms with Crippen LogP contribution in [0.3, 0.4) is 0 Å². The van der Waals surface area contributed by atoms with E-state index in [0.717, 1.165) is 3.57 Å². The number of aliphatic hydroxyl groups is 1. The summed E-state index contributed by atoms with van der Waals surface area (Å²) in [6.45, 7) is 0. The molecule has 0 aliphatic carbocycles. The smallest absolute Gasteiger partial charge is 0.162 e. The van der Waals surface area contributed by atoms with Gasteiger partial charge in [-0.15, -0.1) is 0 Å². The summed E-state index contributed by atoms with van der Waals surface area (Å²) < 4.78 is 11.3. The number of hydrogen-bond acceptors (Lipinski definition) is 3. The summed E-state index contributed by atoms with van der Waals surface area (Å²) in [6, 6.07) is 8.66. The maximum Gasteiger partial charge on any atom is 0.162 e. The molecule has 0 aliphatic heterocycles. The van der Waals surface area contributed by atoms with E-state index in [0.29, 0.717) is 32.7 Å². The standard InChI is InChI=1S/C15H13Cl2IO3/c1-20-13-6-9(10(16)7-14(13)21-2)15(19)8-3-4-12(18)11(17)5-8/h3-7,15,19H,1-2H3. The van der Waals surface area contributed by atoms with E-state index in [-0.39, 0.29) is 0 Å². The fraction of sp³-hybridized carbons (Fsp3) is 0.200. The van der Waals surface area contributed by atoms with Crippen molar-refractivity contribution < 1.29 is 14.6 Å². The number of halogens is 3. The van der Waals surface area contributed by atoms with E-state index in [2.05, 4.69) is 22.6 Å². The first-order valence-corrected chi connectivity index (χ1v) is 7.85. The van der Waals surface area contributed by atoms with Crippen LogP contribution in [0.1, 0.15) is 17.2 Å². The number of hydrogen-bond donors (Lipinski definition) is 1. The van der Waals surface area contributed by atoms with Crippen molar-refractivity contribution in [2.24, 2.45) is 0 Å². The van der Waals surface area contributed by atoms with Crippen molar-refractivity contribution in [2.75, 3.05) is 14.2 Å². The van der Waals surface area contributed by atoms with E-state index < -0.39 is 6.10 Å². The normalized spacial score (nSPS) is 12.1. The van der Waals surface area contributed by atoms with Gasteiger partial charge in [0.1, 0.15) is 6.10 Å². The van der Waals surface area contributed by atoms with Crippen LogP contribution in [0.4, 0.5) is 0 Å². The first-order valence-electron chi connectivity index (χ1n) is 6.02. The fourth-order valence-electron chi connectivity index (χ4n) is 1.94. The topological polar surface area (TPSA) is 38.7 Å². The summed E-state index contributed by atoms with van der Waals surface area (Å²) in [5.41, 5.74) is 1.20. The number of rotatable bonds is 4. The van der Waals surface area contributed by atoms with Gasteiger partial charge < -0.3 is 14.6 Å². The van der Waals surface area contributed by atoms with Gasteiger partial charge in [0.05, 0.1) is 24.3 Å². The molecule has 2 aromatic rings. The van der Waals surface area contributed by atoms with E-state index in [1.807, 2.05) is 12.1 Å². The van der Waals surface area contributed by atoms with E-state index >= 15 is 0 Å². The highest BCUT2D eigenvalue weighted by atomic mass is 127. The predicted octanol–water partition coefficient (Wildman–Crippen LogP) is 4.70. The minimum Gasteiger partial charge on any atom is -0.493 e. The van der Waals surface area contributed by atoms with Gasteiger partial charge in [-0.3, -0.25) is 0 Å². The maximum absolute atomic E-state index is 10.5. The summed E-state index contributed by atoms with van der Waals surface area (Å²) >= 11 is 14.4. The molecule has 3 nitrogen and oxygen atoms in total. The lowest BCUT2D eigenvalue weighted by atomic mass is 10.0. The molecule has 6 heteroatoms. The zero-order valence-electron chi connectivity index (χ0n) is 11.4. The fourth-order valence-corrected chi connectivity index (χ4v) is 2.72. The van der Waals surface area contributed by atoms with Crippen molar-refractivity contribution in [1.29, 1.82) is 0 Å². The minimum atomic E-state index is -0.896. The van der Waals surface area contributed by atoms with Crippen LogP contribution >= 0.6 is 45.8 Å². The Hall–Kier alpha value is -0.690. The lowest BCUT2D eigenvalue weighted by Gasteiger charge is -2.17. The molecular formula is C15H13Cl2IO3. The molecule has 1 atom stereocenters. The predicted molar refractivity (Wildman–Crippen MR) is 92.8 cm³/mol. The Bertz CT molecular complexity index is 662. The number of methoxy groups -OCH3 is 2. The Morgan fingerprint density at radius 1 is 1.00 bits per heavy atom. The summed E-state index contributed by atoms with van der Waals surface area (Å²) in [7, 11) is 3.06. The van der Waals surface area contributed by atoms with Crippen LogP contribution in [-0.4, -0.2) is 19.3 Å².